The third-order valence-corrected chi connectivity index (χ3v) is 6.57. The van der Waals surface area contributed by atoms with Crippen LogP contribution in [0, 0.1) is 0 Å². The van der Waals surface area contributed by atoms with Gasteiger partial charge in [0.1, 0.15) is 0 Å². The first kappa shape index (κ1) is 8.79. The Bertz CT molecular complexity index is 3210. The van der Waals surface area contributed by atoms with Gasteiger partial charge in [0, 0.05) is 0 Å². The van der Waals surface area contributed by atoms with Gasteiger partial charge in [0.05, 0.1) is 32.9 Å². The van der Waals surface area contributed by atoms with Crippen molar-refractivity contribution in [2.75, 3.05) is 0 Å². The van der Waals surface area contributed by atoms with Crippen LogP contribution in [0.15, 0.2) is 145 Å². The van der Waals surface area contributed by atoms with Crippen molar-refractivity contribution in [3.05, 3.63) is 156 Å². The van der Waals surface area contributed by atoms with Crippen LogP contribution < -0.4 is 0 Å². The van der Waals surface area contributed by atoms with Crippen molar-refractivity contribution in [3.63, 3.8) is 0 Å². The van der Waals surface area contributed by atoms with E-state index in [2.05, 4.69) is 0 Å². The predicted octanol–water partition coefficient (Wildman–Crippen LogP) is 10.6. The lowest BCUT2D eigenvalue weighted by Crippen LogP contribution is -1.93. The molecular formula is C39H26. The van der Waals surface area contributed by atoms with Crippen molar-refractivity contribution in [3.8, 4) is 44.5 Å². The molecular weight excluding hydrogens is 468 g/mol. The molecule has 1 aliphatic rings. The summed E-state index contributed by atoms with van der Waals surface area (Å²) in [5.74, 6) is 0. The smallest absolute Gasteiger partial charge is 0.0622 e. The van der Waals surface area contributed by atoms with Crippen LogP contribution >= 0.6 is 0 Å². The molecule has 7 aromatic rings. The van der Waals surface area contributed by atoms with Gasteiger partial charge in [0.15, 0.2) is 0 Å². The van der Waals surface area contributed by atoms with E-state index in [1.807, 2.05) is 0 Å². The Balaban J connectivity index is 1.70. The first-order valence-corrected chi connectivity index (χ1v) is 11.7. The molecule has 0 heteroatoms. The molecule has 0 aromatic heterocycles. The SMILES string of the molecule is [2H]c1c([2H])c([2H])c(-c2c([2H])c([2H])c(-c3c4c([2H])c([2H])c([2H])c([2H])c4c(-c4c([2H])c([2H])c([2H])c5c4-c4c([2H])c([2H])c([2H])c([2H])c4C5)c4c([2H])c([2H])c([2H])c([2H])c34)c([2H])c2[2H])c([2H])c1[2H]. The molecule has 1 aliphatic carbocycles. The van der Waals surface area contributed by atoms with E-state index in [9.17, 15) is 9.60 Å². The quantitative estimate of drug-likeness (QED) is 0.204. The van der Waals surface area contributed by atoms with Gasteiger partial charge in [0.2, 0.25) is 0 Å². The highest BCUT2D eigenvalue weighted by Crippen LogP contribution is 2.49. The molecule has 39 heavy (non-hydrogen) atoms. The third kappa shape index (κ3) is 3.46. The van der Waals surface area contributed by atoms with Crippen LogP contribution in [0.3, 0.4) is 0 Å². The molecule has 0 radical (unpaired) electrons. The van der Waals surface area contributed by atoms with E-state index in [4.69, 9.17) is 23.3 Å². The molecule has 0 unspecified atom stereocenters. The van der Waals surface area contributed by atoms with Gasteiger partial charge in [0.25, 0.3) is 0 Å². The Hall–Kier alpha value is -4.94. The predicted molar refractivity (Wildman–Crippen MR) is 166 cm³/mol. The number of fused-ring (bicyclic) bond motifs is 5. The molecule has 0 saturated carbocycles. The molecule has 8 rings (SSSR count). The zero-order chi connectivity index (χ0) is 46.6. The van der Waals surface area contributed by atoms with Gasteiger partial charge in [-0.05, 0) is 83.6 Å². The second-order valence-electron chi connectivity index (χ2n) is 8.63. The van der Waals surface area contributed by atoms with Crippen molar-refractivity contribution >= 4 is 21.5 Å². The normalized spacial score (nSPS) is 20.6. The van der Waals surface area contributed by atoms with E-state index in [0.29, 0.717) is 0 Å². The van der Waals surface area contributed by atoms with Crippen molar-refractivity contribution in [1.82, 2.24) is 0 Å². The number of rotatable bonds is 3. The second-order valence-corrected chi connectivity index (χ2v) is 8.63. The molecule has 0 N–H and O–H groups in total. The largest absolute Gasteiger partial charge is 0.0629 e. The van der Waals surface area contributed by atoms with Crippen LogP contribution in [0.1, 0.15) is 44.0 Å². The summed E-state index contributed by atoms with van der Waals surface area (Å²) in [6.45, 7) is 0. The summed E-state index contributed by atoms with van der Waals surface area (Å²) < 4.78 is 212. The highest BCUT2D eigenvalue weighted by molar-refractivity contribution is 6.22. The van der Waals surface area contributed by atoms with Gasteiger partial charge in [-0.25, -0.2) is 0 Å². The molecule has 0 fully saturated rings. The van der Waals surface area contributed by atoms with Gasteiger partial charge in [-0.2, -0.15) is 0 Å². The van der Waals surface area contributed by atoms with Crippen molar-refractivity contribution < 1.29 is 32.9 Å². The van der Waals surface area contributed by atoms with Crippen molar-refractivity contribution in [2.45, 2.75) is 6.42 Å². The summed E-state index contributed by atoms with van der Waals surface area (Å²) in [6.07, 6.45) is -0.354. The zero-order valence-electron chi connectivity index (χ0n) is 43.7. The molecule has 0 spiro atoms. The van der Waals surface area contributed by atoms with Crippen LogP contribution in [0.5, 0.6) is 0 Å². The van der Waals surface area contributed by atoms with E-state index in [-0.39, 0.29) is 28.7 Å². The third-order valence-electron chi connectivity index (χ3n) is 6.57. The standard InChI is InChI=1S/C39H26/c1-2-11-26(12-3-1)27-21-23-28(24-22-27)37-32-16-6-8-18-34(32)39(35-19-9-7-17-33(35)37)36-20-10-14-30-25-29-13-4-5-15-31(29)38(30)36/h1-24H,25H2/i1D,2D,3D,4D,5D,6D,7D,8D,9D,10D,11D,12D,13D,14D,15D,16D,17D,18D,19D,20D,21D,22D,23D,24D. The minimum absolute atomic E-state index is 0.0346. The van der Waals surface area contributed by atoms with E-state index in [1.54, 1.807) is 0 Å². The average Bonchev–Trinajstić information content (AvgIpc) is 3.66. The van der Waals surface area contributed by atoms with Crippen LogP contribution in [0.4, 0.5) is 0 Å². The molecule has 0 atom stereocenters. The monoisotopic (exact) mass is 518 g/mol. The maximum absolute atomic E-state index is 9.36. The maximum atomic E-state index is 9.36. The van der Waals surface area contributed by atoms with E-state index >= 15 is 0 Å². The van der Waals surface area contributed by atoms with Gasteiger partial charge in [-0.15, -0.1) is 0 Å². The minimum atomic E-state index is -1.01. The Morgan fingerprint density at radius 2 is 0.821 bits per heavy atom. The fourth-order valence-corrected chi connectivity index (χ4v) is 4.96. The highest BCUT2D eigenvalue weighted by Gasteiger charge is 2.24. The van der Waals surface area contributed by atoms with Crippen LogP contribution in [0.2, 0.25) is 0 Å². The maximum Gasteiger partial charge on any atom is 0.0629 e. The Morgan fingerprint density at radius 3 is 1.51 bits per heavy atom. The molecule has 182 valence electrons. The van der Waals surface area contributed by atoms with Gasteiger partial charge >= 0.3 is 0 Å². The van der Waals surface area contributed by atoms with Gasteiger partial charge in [-0.3, -0.25) is 0 Å². The van der Waals surface area contributed by atoms with Crippen LogP contribution in [-0.4, -0.2) is 0 Å². The van der Waals surface area contributed by atoms with E-state index in [0.717, 1.165) is 0 Å². The van der Waals surface area contributed by atoms with E-state index < -0.39 is 200 Å². The molecule has 0 heterocycles. The summed E-state index contributed by atoms with van der Waals surface area (Å²) in [5.41, 5.74) is -4.47. The lowest BCUT2D eigenvalue weighted by atomic mass is 9.83. The first-order valence-electron chi connectivity index (χ1n) is 23.7. The van der Waals surface area contributed by atoms with Gasteiger partial charge < -0.3 is 0 Å². The fraction of sp³-hybridized carbons (Fsp3) is 0.0256. The number of benzene rings is 7. The highest BCUT2D eigenvalue weighted by atomic mass is 14.3. The fourth-order valence-electron chi connectivity index (χ4n) is 4.96. The van der Waals surface area contributed by atoms with E-state index in [1.165, 1.54) is 0 Å². The molecule has 0 aliphatic heterocycles. The lowest BCUT2D eigenvalue weighted by Gasteiger charge is -2.20. The van der Waals surface area contributed by atoms with Crippen LogP contribution in [-0.2, 0) is 6.42 Å². The zero-order valence-corrected chi connectivity index (χ0v) is 19.7. The summed E-state index contributed by atoms with van der Waals surface area (Å²) >= 11 is 0. The van der Waals surface area contributed by atoms with Crippen molar-refractivity contribution in [2.24, 2.45) is 0 Å². The lowest BCUT2D eigenvalue weighted by molar-refractivity contribution is 1.26. The average molecular weight is 519 g/mol. The molecule has 7 aromatic carbocycles. The summed E-state index contributed by atoms with van der Waals surface area (Å²) in [5, 5.41) is -2.51. The minimum Gasteiger partial charge on any atom is -0.0622 e. The molecule has 0 amide bonds. The summed E-state index contributed by atoms with van der Waals surface area (Å²) in [4.78, 5) is 0. The van der Waals surface area contributed by atoms with Gasteiger partial charge in [-0.1, -0.05) is 145 Å². The number of hydrogen-bond acceptors (Lipinski definition) is 0. The number of hydrogen-bond donors (Lipinski definition) is 0. The Kier molecular flexibility index (Phi) is 1.99. The summed E-state index contributed by atoms with van der Waals surface area (Å²) in [7, 11) is 0. The first-order chi connectivity index (χ1) is 29.3. The second kappa shape index (κ2) is 8.82. The van der Waals surface area contributed by atoms with Crippen molar-refractivity contribution in [1.29, 1.82) is 0 Å². The Labute approximate surface area is 262 Å². The summed E-state index contributed by atoms with van der Waals surface area (Å²) in [6, 6.07) is -20.1. The molecule has 0 bridgehead atoms. The van der Waals surface area contributed by atoms with Crippen LogP contribution in [0.25, 0.3) is 66.1 Å². The Morgan fingerprint density at radius 1 is 0.333 bits per heavy atom. The molecule has 0 saturated heterocycles. The topological polar surface area (TPSA) is 0 Å². The molecule has 0 nitrogen and oxygen atoms in total.